The molecule has 13 heteroatoms. The van der Waals surface area contributed by atoms with Gasteiger partial charge in [-0.1, -0.05) is 11.6 Å². The molecule has 1 unspecified atom stereocenters. The molecule has 8 nitrogen and oxygen atoms in total. The van der Waals surface area contributed by atoms with E-state index in [1.165, 1.54) is 6.92 Å². The molecular formula is C20H19BClF3N2O6. The normalized spacial score (nSPS) is 14.9. The maximum absolute atomic E-state index is 12.5. The number of nitrogens with two attached hydrogens (primary N) is 1. The van der Waals surface area contributed by atoms with Gasteiger partial charge in [-0.15, -0.1) is 13.2 Å². The number of fused-ring (bicyclic) bond motifs is 1. The van der Waals surface area contributed by atoms with E-state index in [2.05, 4.69) is 10.1 Å². The third-order valence-corrected chi connectivity index (χ3v) is 5.25. The Balaban J connectivity index is 1.72. The Bertz CT molecular complexity index is 1050. The van der Waals surface area contributed by atoms with E-state index >= 15 is 0 Å². The molecule has 2 aromatic carbocycles. The van der Waals surface area contributed by atoms with Crippen LogP contribution in [0.5, 0.6) is 11.5 Å². The maximum Gasteiger partial charge on any atom is 0.573 e. The molecule has 1 heterocycles. The zero-order valence-corrected chi connectivity index (χ0v) is 18.0. The van der Waals surface area contributed by atoms with Crippen molar-refractivity contribution in [3.8, 4) is 11.5 Å². The minimum atomic E-state index is -4.86. The number of alkyl halides is 3. The van der Waals surface area contributed by atoms with Gasteiger partial charge >= 0.3 is 13.5 Å². The van der Waals surface area contributed by atoms with Crippen molar-refractivity contribution in [3.63, 3.8) is 0 Å². The second-order valence-corrected chi connectivity index (χ2v) is 7.84. The number of carbonyl (C=O) groups excluding carboxylic acids is 2. The number of hydrogen-bond donors (Lipinski definition) is 3. The van der Waals surface area contributed by atoms with E-state index < -0.39 is 30.7 Å². The van der Waals surface area contributed by atoms with E-state index in [1.807, 2.05) is 0 Å². The predicted molar refractivity (Wildman–Crippen MR) is 112 cm³/mol. The summed E-state index contributed by atoms with van der Waals surface area (Å²) < 4.78 is 51.4. The van der Waals surface area contributed by atoms with Gasteiger partial charge in [0.05, 0.1) is 11.6 Å². The molecule has 0 aliphatic carbocycles. The van der Waals surface area contributed by atoms with E-state index in [1.54, 1.807) is 6.07 Å². The Labute approximate surface area is 191 Å². The fourth-order valence-corrected chi connectivity index (χ4v) is 3.49. The molecule has 0 fully saturated rings. The molecule has 0 bridgehead atoms. The van der Waals surface area contributed by atoms with Gasteiger partial charge in [0.15, 0.2) is 0 Å². The number of ether oxygens (including phenoxy) is 2. The second kappa shape index (κ2) is 9.60. The number of aldehydes is 1. The number of rotatable bonds is 8. The number of carbonyl (C=O) groups is 2. The van der Waals surface area contributed by atoms with Crippen molar-refractivity contribution in [1.29, 1.82) is 0 Å². The Morgan fingerprint density at radius 2 is 2.03 bits per heavy atom. The van der Waals surface area contributed by atoms with Crippen LogP contribution in [0.2, 0.25) is 5.02 Å². The SMILES string of the molecule is CC(C=O)(COc1cc(CN)c2c(c1Cl)B(O)OC2)NC(=O)c1ccc(OC(F)(F)F)cc1. The monoisotopic (exact) mass is 486 g/mol. The first-order valence-corrected chi connectivity index (χ1v) is 9.95. The number of halogens is 4. The lowest BCUT2D eigenvalue weighted by atomic mass is 9.78. The lowest BCUT2D eigenvalue weighted by molar-refractivity contribution is -0.274. The van der Waals surface area contributed by atoms with Gasteiger partial charge in [0.2, 0.25) is 0 Å². The molecule has 3 rings (SSSR count). The molecule has 1 amide bonds. The summed E-state index contributed by atoms with van der Waals surface area (Å²) in [6.45, 7) is 1.32. The first-order valence-electron chi connectivity index (χ1n) is 9.57. The molecule has 0 saturated heterocycles. The van der Waals surface area contributed by atoms with Gasteiger partial charge in [0.1, 0.15) is 29.9 Å². The van der Waals surface area contributed by atoms with Crippen molar-refractivity contribution in [2.24, 2.45) is 5.73 Å². The van der Waals surface area contributed by atoms with Crippen molar-refractivity contribution in [3.05, 3.63) is 52.0 Å². The average Bonchev–Trinajstić information content (AvgIpc) is 3.15. The summed E-state index contributed by atoms with van der Waals surface area (Å²) in [5.74, 6) is -1.08. The lowest BCUT2D eigenvalue weighted by Gasteiger charge is -2.26. The highest BCUT2D eigenvalue weighted by atomic mass is 35.5. The fourth-order valence-electron chi connectivity index (χ4n) is 3.17. The van der Waals surface area contributed by atoms with Gasteiger partial charge < -0.3 is 35.0 Å². The lowest BCUT2D eigenvalue weighted by Crippen LogP contribution is -2.51. The van der Waals surface area contributed by atoms with Crippen molar-refractivity contribution >= 4 is 36.4 Å². The zero-order chi connectivity index (χ0) is 24.4. The van der Waals surface area contributed by atoms with E-state index in [4.69, 9.17) is 26.7 Å². The molecule has 1 aliphatic rings. The van der Waals surface area contributed by atoms with Gasteiger partial charge in [-0.2, -0.15) is 0 Å². The Morgan fingerprint density at radius 3 is 2.61 bits per heavy atom. The first-order chi connectivity index (χ1) is 15.5. The molecule has 0 radical (unpaired) electrons. The van der Waals surface area contributed by atoms with Gasteiger partial charge in [-0.25, -0.2) is 0 Å². The summed E-state index contributed by atoms with van der Waals surface area (Å²) in [5, 5.41) is 12.6. The molecule has 0 aromatic heterocycles. The standard InChI is InChI=1S/C20H19BClF3N2O6/c1-19(9-28,27-18(29)11-2-4-13(5-3-11)33-20(23,24)25)10-31-15-6-12(7-26)14-8-32-21(30)16(14)17(15)22/h2-6,9,30H,7-8,10,26H2,1H3,(H,27,29). The Hall–Kier alpha value is -2.80. The molecule has 1 atom stereocenters. The smallest absolute Gasteiger partial charge is 0.489 e. The Morgan fingerprint density at radius 1 is 1.36 bits per heavy atom. The summed E-state index contributed by atoms with van der Waals surface area (Å²) in [6, 6.07) is 5.75. The molecule has 33 heavy (non-hydrogen) atoms. The molecule has 2 aromatic rings. The van der Waals surface area contributed by atoms with E-state index in [0.717, 1.165) is 24.3 Å². The van der Waals surface area contributed by atoms with Gasteiger partial charge in [-0.3, -0.25) is 4.79 Å². The van der Waals surface area contributed by atoms with Crippen LogP contribution in [-0.2, 0) is 22.6 Å². The first kappa shape index (κ1) is 24.8. The second-order valence-electron chi connectivity index (χ2n) is 7.46. The van der Waals surface area contributed by atoms with Crippen LogP contribution < -0.4 is 26.0 Å². The van der Waals surface area contributed by atoms with Crippen molar-refractivity contribution in [2.75, 3.05) is 6.61 Å². The number of amides is 1. The Kier molecular flexibility index (Phi) is 7.22. The average molecular weight is 487 g/mol. The molecule has 0 spiro atoms. The van der Waals surface area contributed by atoms with Crippen molar-refractivity contribution in [2.45, 2.75) is 32.0 Å². The summed E-state index contributed by atoms with van der Waals surface area (Å²) in [6.07, 6.45) is -4.41. The molecule has 4 N–H and O–H groups in total. The van der Waals surface area contributed by atoms with Crippen LogP contribution in [0.4, 0.5) is 13.2 Å². The van der Waals surface area contributed by atoms with Crippen LogP contribution in [0.15, 0.2) is 30.3 Å². The van der Waals surface area contributed by atoms with Crippen LogP contribution in [-0.4, -0.2) is 42.8 Å². The van der Waals surface area contributed by atoms with Crippen molar-refractivity contribution in [1.82, 2.24) is 5.32 Å². The van der Waals surface area contributed by atoms with Crippen LogP contribution in [0.25, 0.3) is 0 Å². The van der Waals surface area contributed by atoms with Crippen LogP contribution in [0.3, 0.4) is 0 Å². The summed E-state index contributed by atoms with van der Waals surface area (Å²) in [7, 11) is -1.25. The van der Waals surface area contributed by atoms with Gasteiger partial charge in [-0.05, 0) is 48.4 Å². The number of benzene rings is 2. The fraction of sp³-hybridized carbons (Fsp3) is 0.300. The summed E-state index contributed by atoms with van der Waals surface area (Å²) in [4.78, 5) is 24.2. The van der Waals surface area contributed by atoms with E-state index in [-0.39, 0.29) is 36.1 Å². The van der Waals surface area contributed by atoms with Gasteiger partial charge in [0.25, 0.3) is 5.91 Å². The number of hydrogen-bond acceptors (Lipinski definition) is 7. The van der Waals surface area contributed by atoms with Crippen LogP contribution in [0, 0.1) is 0 Å². The van der Waals surface area contributed by atoms with Crippen molar-refractivity contribution < 1.29 is 41.9 Å². The highest BCUT2D eigenvalue weighted by Crippen LogP contribution is 2.31. The van der Waals surface area contributed by atoms with E-state index in [9.17, 15) is 27.8 Å². The predicted octanol–water partition coefficient (Wildman–Crippen LogP) is 1.68. The van der Waals surface area contributed by atoms with Gasteiger partial charge in [0, 0.05) is 17.6 Å². The van der Waals surface area contributed by atoms with Crippen LogP contribution >= 0.6 is 11.6 Å². The quantitative estimate of drug-likeness (QED) is 0.384. The molecule has 0 saturated carbocycles. The summed E-state index contributed by atoms with van der Waals surface area (Å²) in [5.41, 5.74) is 5.86. The van der Waals surface area contributed by atoms with E-state index in [0.29, 0.717) is 22.9 Å². The molecular weight excluding hydrogens is 467 g/mol. The third-order valence-electron chi connectivity index (χ3n) is 4.86. The highest BCUT2D eigenvalue weighted by Gasteiger charge is 2.35. The highest BCUT2D eigenvalue weighted by molar-refractivity contribution is 6.65. The molecule has 176 valence electrons. The number of nitrogens with one attached hydrogen (secondary N) is 1. The minimum Gasteiger partial charge on any atom is -0.489 e. The molecule has 1 aliphatic heterocycles. The third kappa shape index (κ3) is 5.77. The topological polar surface area (TPSA) is 120 Å². The minimum absolute atomic E-state index is 0.00106. The maximum atomic E-state index is 12.5. The van der Waals surface area contributed by atoms with Crippen LogP contribution in [0.1, 0.15) is 28.4 Å². The largest absolute Gasteiger partial charge is 0.573 e. The summed E-state index contributed by atoms with van der Waals surface area (Å²) >= 11 is 6.34. The zero-order valence-electron chi connectivity index (χ0n) is 17.2.